The highest BCUT2D eigenvalue weighted by Crippen LogP contribution is 2.25. The smallest absolute Gasteiger partial charge is 0.245 e. The third-order valence-electron chi connectivity index (χ3n) is 4.95. The minimum atomic E-state index is -3.63. The molecule has 3 aromatic rings. The van der Waals surface area contributed by atoms with E-state index in [2.05, 4.69) is 9.97 Å². The van der Waals surface area contributed by atoms with Gasteiger partial charge in [0.15, 0.2) is 0 Å². The van der Waals surface area contributed by atoms with Crippen molar-refractivity contribution >= 4 is 38.7 Å². The fourth-order valence-electron chi connectivity index (χ4n) is 3.39. The van der Waals surface area contributed by atoms with Crippen molar-refractivity contribution in [2.24, 2.45) is 0 Å². The van der Waals surface area contributed by atoms with E-state index < -0.39 is 10.0 Å². The van der Waals surface area contributed by atoms with Crippen molar-refractivity contribution in [3.63, 3.8) is 0 Å². The number of rotatable bonds is 6. The van der Waals surface area contributed by atoms with Crippen molar-refractivity contribution in [3.8, 4) is 0 Å². The molecule has 4 rings (SSSR count). The minimum Gasteiger partial charge on any atom is -0.345 e. The van der Waals surface area contributed by atoms with Gasteiger partial charge in [0.05, 0.1) is 0 Å². The Morgan fingerprint density at radius 3 is 2.59 bits per heavy atom. The molecule has 0 unspecified atom stereocenters. The number of H-pyrrole nitrogens is 1. The van der Waals surface area contributed by atoms with Crippen LogP contribution in [0.15, 0.2) is 64.6 Å². The monoisotopic (exact) mass is 430 g/mol. The van der Waals surface area contributed by atoms with Gasteiger partial charge in [0.1, 0.15) is 10.5 Å². The quantitative estimate of drug-likeness (QED) is 0.608. The topological polar surface area (TPSA) is 86.4 Å². The molecule has 9 heteroatoms. The number of carbonyl (C=O) groups is 1. The van der Waals surface area contributed by atoms with E-state index in [4.69, 9.17) is 0 Å². The average Bonchev–Trinajstić information content (AvgIpc) is 3.19. The van der Waals surface area contributed by atoms with Crippen molar-refractivity contribution in [2.75, 3.05) is 31.9 Å². The normalized spacial score (nSPS) is 15.7. The molecule has 2 aromatic heterocycles. The second kappa shape index (κ2) is 8.56. The first-order valence-corrected chi connectivity index (χ1v) is 11.9. The number of piperazine rings is 1. The van der Waals surface area contributed by atoms with Gasteiger partial charge in [-0.05, 0) is 24.3 Å². The number of sulfonamides is 1. The standard InChI is InChI=1S/C20H22N4O3S2/c25-19(8-14-28-16-5-2-1-3-6-16)23-10-12-24(13-11-23)29(26,27)18-15-22-20-17(18)7-4-9-21-20/h1-7,9,15H,8,10-14H2,(H,21,22). The van der Waals surface area contributed by atoms with Crippen LogP contribution in [0.5, 0.6) is 0 Å². The SMILES string of the molecule is O=C(CCSc1ccccc1)N1CCN(S(=O)(=O)c2c[nH]c3ncccc23)CC1. The summed E-state index contributed by atoms with van der Waals surface area (Å²) in [5, 5.41) is 0.587. The third kappa shape index (κ3) is 4.31. The Labute approximate surface area is 174 Å². The molecule has 0 aliphatic carbocycles. The van der Waals surface area contributed by atoms with Crippen LogP contribution in [0.2, 0.25) is 0 Å². The van der Waals surface area contributed by atoms with Crippen LogP contribution in [-0.2, 0) is 14.8 Å². The van der Waals surface area contributed by atoms with E-state index in [0.29, 0.717) is 49.4 Å². The molecule has 0 atom stereocenters. The third-order valence-corrected chi connectivity index (χ3v) is 7.90. The maximum absolute atomic E-state index is 13.0. The van der Waals surface area contributed by atoms with Gasteiger partial charge in [-0.15, -0.1) is 11.8 Å². The van der Waals surface area contributed by atoms with Crippen LogP contribution >= 0.6 is 11.8 Å². The Balaban J connectivity index is 1.33. The molecule has 1 fully saturated rings. The average molecular weight is 431 g/mol. The van der Waals surface area contributed by atoms with Crippen molar-refractivity contribution < 1.29 is 13.2 Å². The summed E-state index contributed by atoms with van der Waals surface area (Å²) >= 11 is 1.65. The molecule has 1 saturated heterocycles. The minimum absolute atomic E-state index is 0.0711. The number of hydrogen-bond donors (Lipinski definition) is 1. The van der Waals surface area contributed by atoms with Gasteiger partial charge in [0, 0.05) is 61.0 Å². The molecule has 1 N–H and O–H groups in total. The van der Waals surface area contributed by atoms with Crippen LogP contribution in [0.3, 0.4) is 0 Å². The van der Waals surface area contributed by atoms with Crippen molar-refractivity contribution in [1.82, 2.24) is 19.2 Å². The number of fused-ring (bicyclic) bond motifs is 1. The van der Waals surface area contributed by atoms with Crippen molar-refractivity contribution in [1.29, 1.82) is 0 Å². The van der Waals surface area contributed by atoms with Crippen molar-refractivity contribution in [2.45, 2.75) is 16.2 Å². The zero-order valence-electron chi connectivity index (χ0n) is 15.8. The van der Waals surface area contributed by atoms with Gasteiger partial charge in [-0.2, -0.15) is 4.31 Å². The lowest BCUT2D eigenvalue weighted by Gasteiger charge is -2.34. The van der Waals surface area contributed by atoms with E-state index in [0.717, 1.165) is 4.90 Å². The van der Waals surface area contributed by atoms with E-state index in [-0.39, 0.29) is 10.8 Å². The Hall–Kier alpha value is -2.36. The second-order valence-electron chi connectivity index (χ2n) is 6.75. The van der Waals surface area contributed by atoms with Gasteiger partial charge in [-0.3, -0.25) is 4.79 Å². The number of benzene rings is 1. The number of nitrogens with one attached hydrogen (secondary N) is 1. The predicted octanol–water partition coefficient (Wildman–Crippen LogP) is 2.58. The maximum Gasteiger partial charge on any atom is 0.245 e. The number of amides is 1. The summed E-state index contributed by atoms with van der Waals surface area (Å²) in [4.78, 5) is 22.7. The Morgan fingerprint density at radius 1 is 1.07 bits per heavy atom. The number of hydrogen-bond acceptors (Lipinski definition) is 5. The number of aromatic nitrogens is 2. The second-order valence-corrected chi connectivity index (χ2v) is 9.82. The zero-order valence-corrected chi connectivity index (χ0v) is 17.5. The maximum atomic E-state index is 13.0. The predicted molar refractivity (Wildman–Crippen MR) is 113 cm³/mol. The molecule has 7 nitrogen and oxygen atoms in total. The van der Waals surface area contributed by atoms with Gasteiger partial charge < -0.3 is 9.88 Å². The van der Waals surface area contributed by atoms with E-state index in [1.165, 1.54) is 10.5 Å². The molecule has 0 radical (unpaired) electrons. The first-order chi connectivity index (χ1) is 14.1. The molecule has 1 aliphatic rings. The molecule has 0 saturated carbocycles. The van der Waals surface area contributed by atoms with Crippen LogP contribution in [0, 0.1) is 0 Å². The number of nitrogens with zero attached hydrogens (tertiary/aromatic N) is 3. The first kappa shape index (κ1) is 19.9. The van der Waals surface area contributed by atoms with E-state index >= 15 is 0 Å². The molecule has 1 aromatic carbocycles. The summed E-state index contributed by atoms with van der Waals surface area (Å²) in [5.41, 5.74) is 0.552. The summed E-state index contributed by atoms with van der Waals surface area (Å²) in [5.74, 6) is 0.783. The summed E-state index contributed by atoms with van der Waals surface area (Å²) in [6.07, 6.45) is 3.56. The summed E-state index contributed by atoms with van der Waals surface area (Å²) in [7, 11) is -3.63. The van der Waals surface area contributed by atoms with Crippen molar-refractivity contribution in [3.05, 3.63) is 54.9 Å². The fraction of sp³-hybridized carbons (Fsp3) is 0.300. The van der Waals surface area contributed by atoms with E-state index in [1.54, 1.807) is 35.0 Å². The van der Waals surface area contributed by atoms with E-state index in [9.17, 15) is 13.2 Å². The summed E-state index contributed by atoms with van der Waals surface area (Å²) in [6.45, 7) is 1.42. The molecule has 3 heterocycles. The van der Waals surface area contributed by atoms with Gasteiger partial charge >= 0.3 is 0 Å². The molecule has 1 aliphatic heterocycles. The Kier molecular flexibility index (Phi) is 5.89. The van der Waals surface area contributed by atoms with Crippen LogP contribution in [-0.4, -0.2) is 65.4 Å². The van der Waals surface area contributed by atoms with Crippen LogP contribution in [0.1, 0.15) is 6.42 Å². The molecular weight excluding hydrogens is 408 g/mol. The van der Waals surface area contributed by atoms with Gasteiger partial charge in [0.2, 0.25) is 15.9 Å². The lowest BCUT2D eigenvalue weighted by molar-refractivity contribution is -0.131. The fourth-order valence-corrected chi connectivity index (χ4v) is 5.83. The highest BCUT2D eigenvalue weighted by molar-refractivity contribution is 7.99. The lowest BCUT2D eigenvalue weighted by atomic mass is 10.3. The molecule has 1 amide bonds. The van der Waals surface area contributed by atoms with Gasteiger partial charge in [-0.25, -0.2) is 13.4 Å². The zero-order chi connectivity index (χ0) is 20.3. The number of aromatic amines is 1. The van der Waals surface area contributed by atoms with Crippen LogP contribution in [0.25, 0.3) is 11.0 Å². The van der Waals surface area contributed by atoms with Gasteiger partial charge in [-0.1, -0.05) is 18.2 Å². The number of carbonyl (C=O) groups excluding carboxylic acids is 1. The number of thioether (sulfide) groups is 1. The van der Waals surface area contributed by atoms with Gasteiger partial charge in [0.25, 0.3) is 0 Å². The molecule has 152 valence electrons. The summed E-state index contributed by atoms with van der Waals surface area (Å²) in [6, 6.07) is 13.4. The molecule has 0 spiro atoms. The largest absolute Gasteiger partial charge is 0.345 e. The van der Waals surface area contributed by atoms with E-state index in [1.807, 2.05) is 30.3 Å². The van der Waals surface area contributed by atoms with Crippen LogP contribution in [0.4, 0.5) is 0 Å². The Morgan fingerprint density at radius 2 is 1.83 bits per heavy atom. The number of pyridine rings is 1. The molecular formula is C20H22N4O3S2. The lowest BCUT2D eigenvalue weighted by Crippen LogP contribution is -2.50. The van der Waals surface area contributed by atoms with Crippen LogP contribution < -0.4 is 0 Å². The summed E-state index contributed by atoms with van der Waals surface area (Å²) < 4.78 is 27.5. The first-order valence-electron chi connectivity index (χ1n) is 9.43. The molecule has 29 heavy (non-hydrogen) atoms. The highest BCUT2D eigenvalue weighted by Gasteiger charge is 2.31. The Bertz CT molecular complexity index is 1090. The molecule has 0 bridgehead atoms. The highest BCUT2D eigenvalue weighted by atomic mass is 32.2.